The molecule has 1 saturated carbocycles. The topological polar surface area (TPSA) is 0 Å². The van der Waals surface area contributed by atoms with Gasteiger partial charge >= 0.3 is 0 Å². The van der Waals surface area contributed by atoms with E-state index in [1.54, 1.807) is 0 Å². The fourth-order valence-electron chi connectivity index (χ4n) is 2.37. The van der Waals surface area contributed by atoms with E-state index in [0.29, 0.717) is 10.2 Å². The number of rotatable bonds is 2. The van der Waals surface area contributed by atoms with Gasteiger partial charge in [0, 0.05) is 9.75 Å². The molecule has 0 N–H and O–H groups in total. The van der Waals surface area contributed by atoms with Crippen LogP contribution < -0.4 is 0 Å². The molecule has 0 spiro atoms. The molecular weight excluding hydrogens is 256 g/mol. The van der Waals surface area contributed by atoms with Gasteiger partial charge in [-0.3, -0.25) is 0 Å². The van der Waals surface area contributed by atoms with E-state index in [2.05, 4.69) is 41.9 Å². The summed E-state index contributed by atoms with van der Waals surface area (Å²) in [5.74, 6) is 0. The van der Waals surface area contributed by atoms with Crippen LogP contribution in [0.3, 0.4) is 0 Å². The largest absolute Gasteiger partial charge is 0.145 e. The van der Waals surface area contributed by atoms with Crippen molar-refractivity contribution in [3.05, 3.63) is 21.9 Å². The molecule has 0 bridgehead atoms. The zero-order valence-corrected chi connectivity index (χ0v) is 11.2. The molecule has 1 heterocycles. The van der Waals surface area contributed by atoms with Crippen LogP contribution in [0.1, 0.15) is 47.2 Å². The molecule has 0 aliphatic heterocycles. The molecule has 0 amide bonds. The van der Waals surface area contributed by atoms with Gasteiger partial charge in [0.05, 0.1) is 4.83 Å². The fraction of sp³-hybridized carbons (Fsp3) is 0.667. The lowest BCUT2D eigenvalue weighted by molar-refractivity contribution is 0.334. The Balaban J connectivity index is 2.18. The standard InChI is InChI=1S/C12H17BrS/c1-9-5-6-10(14-9)11(13)12(2)7-3-4-8-12/h5-6,11H,3-4,7-8H2,1-2H3. The van der Waals surface area contributed by atoms with Crippen molar-refractivity contribution in [1.29, 1.82) is 0 Å². The highest BCUT2D eigenvalue weighted by atomic mass is 79.9. The molecular formula is C12H17BrS. The summed E-state index contributed by atoms with van der Waals surface area (Å²) in [7, 11) is 0. The minimum absolute atomic E-state index is 0.497. The molecule has 0 aromatic carbocycles. The van der Waals surface area contributed by atoms with Gasteiger partial charge in [0.2, 0.25) is 0 Å². The summed E-state index contributed by atoms with van der Waals surface area (Å²) in [4.78, 5) is 3.49. The Morgan fingerprint density at radius 1 is 1.36 bits per heavy atom. The lowest BCUT2D eigenvalue weighted by Crippen LogP contribution is -2.16. The van der Waals surface area contributed by atoms with Crippen molar-refractivity contribution in [3.8, 4) is 0 Å². The van der Waals surface area contributed by atoms with Gasteiger partial charge in [0.25, 0.3) is 0 Å². The highest BCUT2D eigenvalue weighted by molar-refractivity contribution is 9.09. The van der Waals surface area contributed by atoms with E-state index in [1.807, 2.05) is 11.3 Å². The Bertz CT molecular complexity index is 310. The monoisotopic (exact) mass is 272 g/mol. The predicted molar refractivity (Wildman–Crippen MR) is 67.3 cm³/mol. The van der Waals surface area contributed by atoms with Gasteiger partial charge < -0.3 is 0 Å². The minimum atomic E-state index is 0.497. The van der Waals surface area contributed by atoms with Crippen molar-refractivity contribution in [1.82, 2.24) is 0 Å². The number of hydrogen-bond donors (Lipinski definition) is 0. The molecule has 0 nitrogen and oxygen atoms in total. The van der Waals surface area contributed by atoms with E-state index < -0.39 is 0 Å². The molecule has 2 rings (SSSR count). The summed E-state index contributed by atoms with van der Waals surface area (Å²) in [6.45, 7) is 4.61. The van der Waals surface area contributed by atoms with E-state index in [9.17, 15) is 0 Å². The molecule has 0 radical (unpaired) electrons. The van der Waals surface area contributed by atoms with Gasteiger partial charge in [-0.05, 0) is 37.3 Å². The van der Waals surface area contributed by atoms with Crippen LogP contribution in [0, 0.1) is 12.3 Å². The summed E-state index contributed by atoms with van der Waals surface area (Å²) >= 11 is 5.83. The van der Waals surface area contributed by atoms with Crippen LogP contribution in [0.4, 0.5) is 0 Å². The molecule has 1 aromatic rings. The van der Waals surface area contributed by atoms with Crippen LogP contribution in [0.25, 0.3) is 0 Å². The highest BCUT2D eigenvalue weighted by Gasteiger charge is 2.36. The quantitative estimate of drug-likeness (QED) is 0.660. The number of alkyl halides is 1. The van der Waals surface area contributed by atoms with Crippen LogP contribution in [0.5, 0.6) is 0 Å². The Kier molecular flexibility index (Phi) is 3.03. The van der Waals surface area contributed by atoms with Crippen LogP contribution >= 0.6 is 27.3 Å². The SMILES string of the molecule is Cc1ccc(C(Br)C2(C)CCCC2)s1. The van der Waals surface area contributed by atoms with E-state index in [0.717, 1.165) is 0 Å². The zero-order valence-electron chi connectivity index (χ0n) is 8.85. The van der Waals surface area contributed by atoms with Crippen molar-refractivity contribution >= 4 is 27.3 Å². The maximum Gasteiger partial charge on any atom is 0.0542 e. The van der Waals surface area contributed by atoms with E-state index in [4.69, 9.17) is 0 Å². The van der Waals surface area contributed by atoms with Crippen LogP contribution in [0.15, 0.2) is 12.1 Å². The Labute approximate surface area is 98.9 Å². The lowest BCUT2D eigenvalue weighted by Gasteiger charge is -2.29. The summed E-state index contributed by atoms with van der Waals surface area (Å²) in [5.41, 5.74) is 0.497. The van der Waals surface area contributed by atoms with Gasteiger partial charge in [-0.25, -0.2) is 0 Å². The third-order valence-corrected chi connectivity index (χ3v) is 6.34. The van der Waals surface area contributed by atoms with Crippen molar-refractivity contribution in [2.24, 2.45) is 5.41 Å². The fourth-order valence-corrected chi connectivity index (χ4v) is 4.29. The first-order valence-electron chi connectivity index (χ1n) is 5.32. The van der Waals surface area contributed by atoms with Crippen LogP contribution in [0.2, 0.25) is 0 Å². The minimum Gasteiger partial charge on any atom is -0.145 e. The second kappa shape index (κ2) is 3.97. The van der Waals surface area contributed by atoms with Gasteiger partial charge in [-0.2, -0.15) is 0 Å². The Hall–Kier alpha value is 0.180. The molecule has 14 heavy (non-hydrogen) atoms. The molecule has 1 aliphatic carbocycles. The molecule has 1 aromatic heterocycles. The van der Waals surface area contributed by atoms with Crippen LogP contribution in [-0.4, -0.2) is 0 Å². The molecule has 1 unspecified atom stereocenters. The molecule has 78 valence electrons. The average molecular weight is 273 g/mol. The lowest BCUT2D eigenvalue weighted by atomic mass is 9.84. The maximum absolute atomic E-state index is 3.89. The smallest absolute Gasteiger partial charge is 0.0542 e. The van der Waals surface area contributed by atoms with E-state index >= 15 is 0 Å². The van der Waals surface area contributed by atoms with Crippen molar-refractivity contribution in [2.45, 2.75) is 44.4 Å². The van der Waals surface area contributed by atoms with Gasteiger partial charge in [-0.15, -0.1) is 11.3 Å². The second-order valence-corrected chi connectivity index (χ2v) is 6.91. The number of thiophene rings is 1. The van der Waals surface area contributed by atoms with Crippen molar-refractivity contribution in [3.63, 3.8) is 0 Å². The van der Waals surface area contributed by atoms with Gasteiger partial charge in [-0.1, -0.05) is 35.7 Å². The van der Waals surface area contributed by atoms with Gasteiger partial charge in [0.1, 0.15) is 0 Å². The van der Waals surface area contributed by atoms with Crippen LogP contribution in [-0.2, 0) is 0 Å². The maximum atomic E-state index is 3.89. The Morgan fingerprint density at radius 2 is 2.00 bits per heavy atom. The number of hydrogen-bond acceptors (Lipinski definition) is 1. The van der Waals surface area contributed by atoms with E-state index in [1.165, 1.54) is 35.4 Å². The van der Waals surface area contributed by atoms with Gasteiger partial charge in [0.15, 0.2) is 0 Å². The molecule has 1 atom stereocenters. The molecule has 1 aliphatic rings. The number of aryl methyl sites for hydroxylation is 1. The van der Waals surface area contributed by atoms with Crippen molar-refractivity contribution < 1.29 is 0 Å². The highest BCUT2D eigenvalue weighted by Crippen LogP contribution is 2.52. The average Bonchev–Trinajstić information content (AvgIpc) is 2.74. The summed E-state index contributed by atoms with van der Waals surface area (Å²) in [6, 6.07) is 4.51. The Morgan fingerprint density at radius 3 is 2.50 bits per heavy atom. The predicted octanol–water partition coefficient (Wildman–Crippen LogP) is 5.07. The first kappa shape index (κ1) is 10.7. The normalized spacial score (nSPS) is 22.5. The summed E-state index contributed by atoms with van der Waals surface area (Å²) < 4.78 is 0. The number of halogens is 1. The van der Waals surface area contributed by atoms with E-state index in [-0.39, 0.29) is 0 Å². The summed E-state index contributed by atoms with van der Waals surface area (Å²) in [6.07, 6.45) is 5.56. The van der Waals surface area contributed by atoms with Crippen molar-refractivity contribution in [2.75, 3.05) is 0 Å². The molecule has 1 fully saturated rings. The third kappa shape index (κ3) is 1.92. The second-order valence-electron chi connectivity index (χ2n) is 4.67. The molecule has 0 saturated heterocycles. The first-order valence-corrected chi connectivity index (χ1v) is 7.05. The first-order chi connectivity index (χ1) is 6.62. The third-order valence-electron chi connectivity index (χ3n) is 3.37. The zero-order chi connectivity index (χ0) is 10.2. The molecule has 2 heteroatoms. The summed E-state index contributed by atoms with van der Waals surface area (Å²) in [5, 5.41) is 0.